The first kappa shape index (κ1) is 21.1. The van der Waals surface area contributed by atoms with Crippen LogP contribution in [0, 0.1) is 11.3 Å². The van der Waals surface area contributed by atoms with Gasteiger partial charge in [0.05, 0.1) is 37.1 Å². The van der Waals surface area contributed by atoms with Gasteiger partial charge in [-0.3, -0.25) is 4.90 Å². The molecular weight excluding hydrogens is 384 g/mol. The van der Waals surface area contributed by atoms with Crippen LogP contribution in [0.25, 0.3) is 0 Å². The van der Waals surface area contributed by atoms with Crippen LogP contribution in [0.15, 0.2) is 64.4 Å². The maximum absolute atomic E-state index is 12.9. The number of rotatable bonds is 9. The van der Waals surface area contributed by atoms with E-state index in [1.165, 1.54) is 0 Å². The van der Waals surface area contributed by atoms with Gasteiger partial charge in [0.1, 0.15) is 5.76 Å². The Morgan fingerprint density at radius 1 is 1.23 bits per heavy atom. The van der Waals surface area contributed by atoms with Crippen LogP contribution >= 0.6 is 0 Å². The first-order valence-electron chi connectivity index (χ1n) is 9.76. The topological polar surface area (TPSA) is 108 Å². The summed E-state index contributed by atoms with van der Waals surface area (Å²) in [6.45, 7) is 3.10. The molecular formula is C22H24N4O4. The molecule has 2 aromatic rings. The summed E-state index contributed by atoms with van der Waals surface area (Å²) in [6.07, 6.45) is 1.88. The Labute approximate surface area is 175 Å². The number of hydrogen-bond acceptors (Lipinski definition) is 6. The summed E-state index contributed by atoms with van der Waals surface area (Å²) in [4.78, 5) is 27.2. The molecule has 1 aliphatic rings. The van der Waals surface area contributed by atoms with E-state index in [1.54, 1.807) is 19.3 Å². The summed E-state index contributed by atoms with van der Waals surface area (Å²) >= 11 is 0. The van der Waals surface area contributed by atoms with Crippen LogP contribution in [0.5, 0.6) is 0 Å². The molecule has 0 saturated carbocycles. The van der Waals surface area contributed by atoms with Crippen molar-refractivity contribution in [2.75, 3.05) is 19.7 Å². The number of esters is 1. The highest BCUT2D eigenvalue weighted by Crippen LogP contribution is 2.28. The summed E-state index contributed by atoms with van der Waals surface area (Å²) < 4.78 is 10.7. The van der Waals surface area contributed by atoms with Crippen LogP contribution in [0.1, 0.15) is 30.7 Å². The van der Waals surface area contributed by atoms with Crippen molar-refractivity contribution in [2.24, 2.45) is 0 Å². The largest absolute Gasteiger partial charge is 0.468 e. The molecule has 1 atom stereocenters. The number of nitrogens with one attached hydrogen (secondary N) is 2. The van der Waals surface area contributed by atoms with Crippen molar-refractivity contribution < 1.29 is 18.7 Å². The molecule has 2 amide bonds. The maximum Gasteiger partial charge on any atom is 0.338 e. The van der Waals surface area contributed by atoms with E-state index >= 15 is 0 Å². The standard InChI is InChI=1S/C22H24N4O4/c1-2-29-21(27)19-18(15-26(12-7-11-23)14-17-10-6-13-30-17)24-22(28)25-20(19)16-8-4-3-5-9-16/h3-6,8-10,13,20H,2,7,12,14-15H2,1H3,(H2,24,25,28). The number of carbonyl (C=O) groups is 2. The van der Waals surface area contributed by atoms with Crippen molar-refractivity contribution in [3.8, 4) is 6.07 Å². The van der Waals surface area contributed by atoms with Crippen LogP contribution < -0.4 is 10.6 Å². The second-order valence-electron chi connectivity index (χ2n) is 6.75. The van der Waals surface area contributed by atoms with Gasteiger partial charge in [-0.25, -0.2) is 9.59 Å². The summed E-state index contributed by atoms with van der Waals surface area (Å²) in [5, 5.41) is 14.6. The minimum atomic E-state index is -0.629. The molecule has 30 heavy (non-hydrogen) atoms. The number of ether oxygens (including phenoxy) is 1. The van der Waals surface area contributed by atoms with E-state index in [9.17, 15) is 9.59 Å². The zero-order chi connectivity index (χ0) is 21.3. The summed E-state index contributed by atoms with van der Waals surface area (Å²) in [5.74, 6) is 0.234. The Morgan fingerprint density at radius 2 is 2.03 bits per heavy atom. The van der Waals surface area contributed by atoms with Gasteiger partial charge in [-0.1, -0.05) is 30.3 Å². The van der Waals surface area contributed by atoms with Gasteiger partial charge in [-0.05, 0) is 24.6 Å². The number of amides is 2. The molecule has 0 spiro atoms. The van der Waals surface area contributed by atoms with Gasteiger partial charge in [0.2, 0.25) is 0 Å². The van der Waals surface area contributed by atoms with Gasteiger partial charge in [0, 0.05) is 25.2 Å². The third kappa shape index (κ3) is 5.27. The van der Waals surface area contributed by atoms with Gasteiger partial charge in [0.15, 0.2) is 0 Å². The SMILES string of the molecule is CCOC(=O)C1=C(CN(CCC#N)Cc2ccco2)NC(=O)NC1c1ccccc1. The average Bonchev–Trinajstić information content (AvgIpc) is 3.25. The molecule has 1 aliphatic heterocycles. The molecule has 0 aliphatic carbocycles. The highest BCUT2D eigenvalue weighted by Gasteiger charge is 2.34. The predicted octanol–water partition coefficient (Wildman–Crippen LogP) is 2.87. The average molecular weight is 408 g/mol. The van der Waals surface area contributed by atoms with Crippen molar-refractivity contribution in [2.45, 2.75) is 25.9 Å². The first-order chi connectivity index (χ1) is 14.6. The third-order valence-electron chi connectivity index (χ3n) is 4.66. The van der Waals surface area contributed by atoms with E-state index in [4.69, 9.17) is 14.4 Å². The highest BCUT2D eigenvalue weighted by atomic mass is 16.5. The van der Waals surface area contributed by atoms with Crippen LogP contribution in [0.3, 0.4) is 0 Å². The molecule has 0 radical (unpaired) electrons. The fourth-order valence-corrected chi connectivity index (χ4v) is 3.36. The smallest absolute Gasteiger partial charge is 0.338 e. The molecule has 156 valence electrons. The molecule has 8 nitrogen and oxygen atoms in total. The Balaban J connectivity index is 1.97. The van der Waals surface area contributed by atoms with Crippen LogP contribution in [-0.4, -0.2) is 36.6 Å². The minimum Gasteiger partial charge on any atom is -0.468 e. The number of urea groups is 1. The lowest BCUT2D eigenvalue weighted by atomic mass is 9.95. The molecule has 1 aromatic heterocycles. The first-order valence-corrected chi connectivity index (χ1v) is 9.76. The van der Waals surface area contributed by atoms with Crippen molar-refractivity contribution in [3.63, 3.8) is 0 Å². The highest BCUT2D eigenvalue weighted by molar-refractivity contribution is 5.95. The molecule has 0 fully saturated rings. The molecule has 1 unspecified atom stereocenters. The number of benzene rings is 1. The van der Waals surface area contributed by atoms with Gasteiger partial charge in [-0.15, -0.1) is 0 Å². The number of hydrogen-bond donors (Lipinski definition) is 2. The van der Waals surface area contributed by atoms with E-state index in [2.05, 4.69) is 16.7 Å². The van der Waals surface area contributed by atoms with E-state index in [1.807, 2.05) is 41.3 Å². The number of carbonyl (C=O) groups excluding carboxylic acids is 2. The van der Waals surface area contributed by atoms with Gasteiger partial charge in [-0.2, -0.15) is 5.26 Å². The van der Waals surface area contributed by atoms with Crippen molar-refractivity contribution in [1.29, 1.82) is 5.26 Å². The van der Waals surface area contributed by atoms with Crippen molar-refractivity contribution in [3.05, 3.63) is 71.3 Å². The van der Waals surface area contributed by atoms with Crippen LogP contribution in [0.2, 0.25) is 0 Å². The second kappa shape index (κ2) is 10.3. The molecule has 2 N–H and O–H groups in total. The Bertz CT molecular complexity index is 932. The van der Waals surface area contributed by atoms with Crippen LogP contribution in [0.4, 0.5) is 4.79 Å². The lowest BCUT2D eigenvalue weighted by Crippen LogP contribution is -2.48. The fraction of sp³-hybridized carbons (Fsp3) is 0.318. The van der Waals surface area contributed by atoms with Gasteiger partial charge >= 0.3 is 12.0 Å². The molecule has 1 aromatic carbocycles. The quantitative estimate of drug-likeness (QED) is 0.618. The monoisotopic (exact) mass is 408 g/mol. The van der Waals surface area contributed by atoms with E-state index in [-0.39, 0.29) is 13.2 Å². The van der Waals surface area contributed by atoms with E-state index in [0.717, 1.165) is 11.3 Å². The van der Waals surface area contributed by atoms with Gasteiger partial charge in [0.25, 0.3) is 0 Å². The van der Waals surface area contributed by atoms with Crippen molar-refractivity contribution in [1.82, 2.24) is 15.5 Å². The molecule has 2 heterocycles. The summed E-state index contributed by atoms with van der Waals surface area (Å²) in [7, 11) is 0. The summed E-state index contributed by atoms with van der Waals surface area (Å²) in [6, 6.07) is 14.0. The minimum absolute atomic E-state index is 0.218. The number of nitriles is 1. The normalized spacial score (nSPS) is 16.0. The summed E-state index contributed by atoms with van der Waals surface area (Å²) in [5.41, 5.74) is 1.59. The fourth-order valence-electron chi connectivity index (χ4n) is 3.36. The van der Waals surface area contributed by atoms with E-state index in [0.29, 0.717) is 30.8 Å². The Kier molecular flexibility index (Phi) is 7.24. The van der Waals surface area contributed by atoms with E-state index < -0.39 is 18.0 Å². The zero-order valence-electron chi connectivity index (χ0n) is 16.8. The lowest BCUT2D eigenvalue weighted by molar-refractivity contribution is -0.139. The number of nitrogens with zero attached hydrogens (tertiary/aromatic N) is 2. The molecule has 0 saturated heterocycles. The zero-order valence-corrected chi connectivity index (χ0v) is 16.8. The predicted molar refractivity (Wildman–Crippen MR) is 109 cm³/mol. The third-order valence-corrected chi connectivity index (χ3v) is 4.66. The molecule has 3 rings (SSSR count). The Hall–Kier alpha value is -3.57. The molecule has 8 heteroatoms. The van der Waals surface area contributed by atoms with Crippen LogP contribution in [-0.2, 0) is 16.1 Å². The Morgan fingerprint density at radius 3 is 2.70 bits per heavy atom. The van der Waals surface area contributed by atoms with Crippen molar-refractivity contribution >= 4 is 12.0 Å². The maximum atomic E-state index is 12.9. The lowest BCUT2D eigenvalue weighted by Gasteiger charge is -2.31. The van der Waals surface area contributed by atoms with Gasteiger partial charge < -0.3 is 19.8 Å². The number of furan rings is 1. The molecule has 0 bridgehead atoms. The second-order valence-corrected chi connectivity index (χ2v) is 6.75.